The van der Waals surface area contributed by atoms with Crippen LogP contribution in [0.1, 0.15) is 29.7 Å². The topological polar surface area (TPSA) is 127 Å². The van der Waals surface area contributed by atoms with Gasteiger partial charge in [0.15, 0.2) is 5.65 Å². The van der Waals surface area contributed by atoms with Gasteiger partial charge in [0.1, 0.15) is 28.9 Å². The first-order valence-electron chi connectivity index (χ1n) is 12.6. The number of aryl methyl sites for hydroxylation is 1. The number of rotatable bonds is 6. The molecule has 0 radical (unpaired) electrons. The monoisotopic (exact) mass is 548 g/mol. The quantitative estimate of drug-likeness (QED) is 0.299. The fraction of sp³-hybridized carbons (Fsp3) is 0.241. The predicted octanol–water partition coefficient (Wildman–Crippen LogP) is 3.40. The first-order valence-corrected chi connectivity index (χ1v) is 12.9. The van der Waals surface area contributed by atoms with Gasteiger partial charge in [0.25, 0.3) is 5.56 Å². The van der Waals surface area contributed by atoms with E-state index in [0.29, 0.717) is 45.5 Å². The van der Waals surface area contributed by atoms with E-state index < -0.39 is 11.2 Å². The van der Waals surface area contributed by atoms with Crippen LogP contribution < -0.4 is 11.2 Å². The van der Waals surface area contributed by atoms with Crippen molar-refractivity contribution in [2.45, 2.75) is 32.5 Å². The van der Waals surface area contributed by atoms with Gasteiger partial charge in [-0.1, -0.05) is 17.5 Å². The molecule has 0 N–H and O–H groups in total. The third kappa shape index (κ3) is 4.14. The van der Waals surface area contributed by atoms with E-state index in [2.05, 4.69) is 23.0 Å². The highest BCUT2D eigenvalue weighted by molar-refractivity contribution is 6.31. The van der Waals surface area contributed by atoms with Gasteiger partial charge < -0.3 is 4.57 Å². The third-order valence-corrected chi connectivity index (χ3v) is 7.40. The van der Waals surface area contributed by atoms with Gasteiger partial charge in [-0.2, -0.15) is 15.6 Å². The molecule has 6 rings (SSSR count). The Morgan fingerprint density at radius 2 is 1.93 bits per heavy atom. The number of aromatic nitrogens is 6. The number of benzene rings is 1. The maximum absolute atomic E-state index is 13.9. The molecular formula is C29H21ClN8O2. The zero-order valence-electron chi connectivity index (χ0n) is 21.4. The molecule has 4 aromatic heterocycles. The zero-order chi connectivity index (χ0) is 28.1. The SMILES string of the molecule is C#CCn1c(=O)c2c(-c3cc(C#N)cn3C)n(Cc3cc(C#N)nc4ccc(Cl)cc34)nc2n(CC2CC2)c1=O. The molecule has 1 fully saturated rings. The van der Waals surface area contributed by atoms with Crippen LogP contribution in [0.2, 0.25) is 5.02 Å². The molecule has 1 saturated carbocycles. The Balaban J connectivity index is 1.70. The molecule has 40 heavy (non-hydrogen) atoms. The second-order valence-corrected chi connectivity index (χ2v) is 10.3. The van der Waals surface area contributed by atoms with Crippen molar-refractivity contribution in [3.8, 4) is 35.9 Å². The van der Waals surface area contributed by atoms with Gasteiger partial charge in [0, 0.05) is 30.2 Å². The minimum atomic E-state index is -0.550. The van der Waals surface area contributed by atoms with Crippen LogP contribution >= 0.6 is 11.6 Å². The number of hydrogen-bond acceptors (Lipinski definition) is 6. The van der Waals surface area contributed by atoms with Gasteiger partial charge in [-0.25, -0.2) is 14.3 Å². The zero-order valence-corrected chi connectivity index (χ0v) is 22.2. The van der Waals surface area contributed by atoms with Gasteiger partial charge in [-0.3, -0.25) is 14.0 Å². The molecule has 196 valence electrons. The minimum absolute atomic E-state index is 0.136. The van der Waals surface area contributed by atoms with Crippen molar-refractivity contribution >= 4 is 33.5 Å². The van der Waals surface area contributed by atoms with Gasteiger partial charge in [-0.15, -0.1) is 6.42 Å². The maximum atomic E-state index is 13.9. The summed E-state index contributed by atoms with van der Waals surface area (Å²) >= 11 is 6.31. The van der Waals surface area contributed by atoms with Gasteiger partial charge in [0.05, 0.1) is 29.9 Å². The van der Waals surface area contributed by atoms with E-state index in [1.54, 1.807) is 52.8 Å². The standard InChI is InChI=1S/C29H21ClN8O2/c1-3-8-36-28(39)25-26(24-9-18(12-31)14-35(24)2)38(34-27(25)37(29(36)40)15-17-4-5-17)16-19-10-21(13-32)33-23-7-6-20(30)11-22(19)23/h1,6-7,9-11,14,17H,4-5,8,15-16H2,2H3. The van der Waals surface area contributed by atoms with E-state index in [1.807, 2.05) is 0 Å². The molecule has 0 amide bonds. The Kier molecular flexibility index (Phi) is 6.03. The number of nitriles is 2. The summed E-state index contributed by atoms with van der Waals surface area (Å²) in [6, 6.07) is 12.8. The van der Waals surface area contributed by atoms with Crippen LogP contribution in [0.5, 0.6) is 0 Å². The van der Waals surface area contributed by atoms with Crippen LogP contribution in [-0.2, 0) is 26.7 Å². The highest BCUT2D eigenvalue weighted by Crippen LogP contribution is 2.33. The number of hydrogen-bond donors (Lipinski definition) is 0. The van der Waals surface area contributed by atoms with E-state index >= 15 is 0 Å². The molecule has 0 aliphatic heterocycles. The number of pyridine rings is 1. The lowest BCUT2D eigenvalue weighted by atomic mass is 10.1. The molecule has 0 unspecified atom stereocenters. The van der Waals surface area contributed by atoms with Crippen LogP contribution in [0.25, 0.3) is 33.3 Å². The average Bonchev–Trinajstić information content (AvgIpc) is 3.59. The summed E-state index contributed by atoms with van der Waals surface area (Å²) in [5, 5.41) is 25.5. The van der Waals surface area contributed by atoms with Crippen molar-refractivity contribution in [1.82, 2.24) is 28.5 Å². The third-order valence-electron chi connectivity index (χ3n) is 7.17. The largest absolute Gasteiger partial charge is 0.348 e. The Morgan fingerprint density at radius 3 is 2.60 bits per heavy atom. The summed E-state index contributed by atoms with van der Waals surface area (Å²) < 4.78 is 5.98. The molecule has 0 atom stereocenters. The fourth-order valence-electron chi connectivity index (χ4n) is 5.10. The summed E-state index contributed by atoms with van der Waals surface area (Å²) in [4.78, 5) is 31.7. The average molecular weight is 549 g/mol. The van der Waals surface area contributed by atoms with Crippen LogP contribution in [0.3, 0.4) is 0 Å². The summed E-state index contributed by atoms with van der Waals surface area (Å²) in [7, 11) is 1.77. The van der Waals surface area contributed by atoms with Gasteiger partial charge >= 0.3 is 5.69 Å². The molecule has 0 spiro atoms. The van der Waals surface area contributed by atoms with Gasteiger partial charge in [0.2, 0.25) is 0 Å². The molecule has 10 nitrogen and oxygen atoms in total. The molecule has 0 bridgehead atoms. The van der Waals surface area contributed by atoms with Crippen molar-refractivity contribution in [1.29, 1.82) is 10.5 Å². The highest BCUT2D eigenvalue weighted by Gasteiger charge is 2.29. The van der Waals surface area contributed by atoms with Crippen molar-refractivity contribution in [2.24, 2.45) is 13.0 Å². The summed E-state index contributed by atoms with van der Waals surface area (Å²) in [5.74, 6) is 2.73. The van der Waals surface area contributed by atoms with E-state index in [-0.39, 0.29) is 29.8 Å². The van der Waals surface area contributed by atoms with Crippen molar-refractivity contribution < 1.29 is 0 Å². The lowest BCUT2D eigenvalue weighted by Gasteiger charge is -2.12. The number of fused-ring (bicyclic) bond motifs is 2. The Morgan fingerprint density at radius 1 is 1.12 bits per heavy atom. The number of halogens is 1. The highest BCUT2D eigenvalue weighted by atomic mass is 35.5. The first kappa shape index (κ1) is 25.2. The number of terminal acetylenes is 1. The second-order valence-electron chi connectivity index (χ2n) is 9.91. The molecule has 1 aromatic carbocycles. The summed E-state index contributed by atoms with van der Waals surface area (Å²) in [6.07, 6.45) is 9.17. The van der Waals surface area contributed by atoms with E-state index in [9.17, 15) is 20.1 Å². The lowest BCUT2D eigenvalue weighted by Crippen LogP contribution is -2.40. The van der Waals surface area contributed by atoms with Crippen molar-refractivity contribution in [2.75, 3.05) is 0 Å². The second kappa shape index (κ2) is 9.57. The summed E-state index contributed by atoms with van der Waals surface area (Å²) in [5.41, 5.74) is 2.11. The molecule has 4 heterocycles. The molecule has 5 aromatic rings. The van der Waals surface area contributed by atoms with Crippen LogP contribution in [0.4, 0.5) is 0 Å². The van der Waals surface area contributed by atoms with Gasteiger partial charge in [-0.05, 0) is 54.7 Å². The number of nitrogens with zero attached hydrogens (tertiary/aromatic N) is 8. The molecule has 1 aliphatic rings. The van der Waals surface area contributed by atoms with Crippen LogP contribution in [-0.4, -0.2) is 28.5 Å². The molecular weight excluding hydrogens is 528 g/mol. The van der Waals surface area contributed by atoms with Crippen molar-refractivity contribution in [3.05, 3.63) is 79.2 Å². The van der Waals surface area contributed by atoms with Crippen molar-refractivity contribution in [3.63, 3.8) is 0 Å². The van der Waals surface area contributed by atoms with Crippen LogP contribution in [0.15, 0.2) is 46.1 Å². The van der Waals surface area contributed by atoms with E-state index in [4.69, 9.17) is 23.1 Å². The normalized spacial score (nSPS) is 12.9. The Bertz CT molecular complexity index is 2110. The van der Waals surface area contributed by atoms with Crippen LogP contribution in [0, 0.1) is 40.9 Å². The molecule has 11 heteroatoms. The van der Waals surface area contributed by atoms with E-state index in [1.165, 1.54) is 4.57 Å². The fourth-order valence-corrected chi connectivity index (χ4v) is 5.27. The molecule has 0 saturated heterocycles. The Hall–Kier alpha value is -5.11. The lowest BCUT2D eigenvalue weighted by molar-refractivity contribution is 0.564. The summed E-state index contributed by atoms with van der Waals surface area (Å²) in [6.45, 7) is 0.370. The Labute approximate surface area is 232 Å². The first-order chi connectivity index (χ1) is 19.3. The van der Waals surface area contributed by atoms with E-state index in [0.717, 1.165) is 22.8 Å². The maximum Gasteiger partial charge on any atom is 0.333 e. The molecule has 1 aliphatic carbocycles. The predicted molar refractivity (Wildman–Crippen MR) is 150 cm³/mol. The smallest absolute Gasteiger partial charge is 0.333 e. The minimum Gasteiger partial charge on any atom is -0.348 e.